The molecule has 0 saturated heterocycles. The number of carbonyl (C=O) groups is 5. The minimum atomic E-state index is -1.47. The van der Waals surface area contributed by atoms with Crippen LogP contribution in [0.25, 0.3) is 0 Å². The Morgan fingerprint density at radius 2 is 0.868 bits per heavy atom. The van der Waals surface area contributed by atoms with Crippen LogP contribution < -0.4 is 32.1 Å². The third kappa shape index (κ3) is 69.3. The van der Waals surface area contributed by atoms with E-state index in [0.29, 0.717) is 19.3 Å². The van der Waals surface area contributed by atoms with Gasteiger partial charge in [0, 0.05) is 64.3 Å². The second-order valence-electron chi connectivity index (χ2n) is 7.53. The molecule has 0 aromatic carbocycles. The second-order valence-corrected chi connectivity index (χ2v) is 8.50. The number of hydrogen-bond donors (Lipinski definition) is 7. The summed E-state index contributed by atoms with van der Waals surface area (Å²) in [6.45, 7) is 36.5. The molecule has 0 aromatic rings. The van der Waals surface area contributed by atoms with Gasteiger partial charge < -0.3 is 39.1 Å². The van der Waals surface area contributed by atoms with E-state index in [9.17, 15) is 28.2 Å². The van der Waals surface area contributed by atoms with Crippen LogP contribution in [-0.2, 0) is 39.3 Å². The normalized spacial score (nSPS) is 10.5. The number of hydroxylamine groups is 1. The van der Waals surface area contributed by atoms with Crippen molar-refractivity contribution in [3.8, 4) is 0 Å². The average molecular weight is 1010 g/mol. The van der Waals surface area contributed by atoms with Crippen LogP contribution in [0.15, 0.2) is 0 Å². The molecule has 0 spiro atoms. The first-order chi connectivity index (χ1) is 24.3. The van der Waals surface area contributed by atoms with Crippen LogP contribution in [0.5, 0.6) is 0 Å². The van der Waals surface area contributed by atoms with E-state index in [2.05, 4.69) is 36.3 Å². The first kappa shape index (κ1) is 84.4. The van der Waals surface area contributed by atoms with Gasteiger partial charge in [0.1, 0.15) is 12.1 Å². The third-order valence-corrected chi connectivity index (χ3v) is 5.10. The topological polar surface area (TPSA) is 204 Å². The average Bonchev–Trinajstić information content (AvgIpc) is 3.18. The van der Waals surface area contributed by atoms with Crippen molar-refractivity contribution in [1.29, 1.82) is 0 Å². The van der Waals surface area contributed by atoms with Crippen molar-refractivity contribution in [2.45, 2.75) is 181 Å². The summed E-state index contributed by atoms with van der Waals surface area (Å²) in [6.07, 6.45) is 3.54. The summed E-state index contributed by atoms with van der Waals surface area (Å²) in [4.78, 5) is 55.0. The Labute approximate surface area is 368 Å². The fraction of sp³-hybridized carbons (Fsp3) is 0.838. The number of carboxylic acids is 1. The minimum absolute atomic E-state index is 0. The van der Waals surface area contributed by atoms with E-state index in [1.54, 1.807) is 35.0 Å². The minimum Gasteiger partial charge on any atom is -0.480 e. The summed E-state index contributed by atoms with van der Waals surface area (Å²) >= 11 is -1.47. The van der Waals surface area contributed by atoms with Gasteiger partial charge in [-0.3, -0.25) is 19.2 Å². The fourth-order valence-electron chi connectivity index (χ4n) is 2.60. The standard InChI is InChI=1S/C10H18N2O4.C6H14N2O3S.C6H14N2O.7C2H6.CH3.Ac/c1-4-7(11-6(3)13)9(14)12-8(5-2)10(15)16;1-4-5(7-2)6(9)8-11-12(3)10;1-4-5(7-2)6(9)8-3;7*1-2;;/h7-8H,4-5H2,1-3H3,(H,11,13)(H,12,14)(H,15,16);5,7H,4H2,1-3H3,(H,8,9);5,7H,4H2,1-3H3,(H,8,9);7*1-2H3;1H3;/q;;;;;;;;;;-1;. The van der Waals surface area contributed by atoms with Crippen LogP contribution in [0.1, 0.15) is 157 Å². The second kappa shape index (κ2) is 79.6. The largest absolute Gasteiger partial charge is 0.480 e. The van der Waals surface area contributed by atoms with E-state index in [4.69, 9.17) is 5.11 Å². The zero-order valence-electron chi connectivity index (χ0n) is 38.9. The zero-order chi connectivity index (χ0) is 43.6. The van der Waals surface area contributed by atoms with Crippen molar-refractivity contribution in [1.82, 2.24) is 32.1 Å². The first-order valence-corrected chi connectivity index (χ1v) is 20.4. The number of carbonyl (C=O) groups excluding carboxylic acids is 4. The molecule has 0 heterocycles. The van der Waals surface area contributed by atoms with Crippen molar-refractivity contribution in [3.05, 3.63) is 7.43 Å². The quantitative estimate of drug-likeness (QED) is 0.0737. The predicted molar refractivity (Wildman–Crippen MR) is 227 cm³/mol. The van der Waals surface area contributed by atoms with E-state index >= 15 is 0 Å². The molecule has 1 radical (unpaired) electrons. The molecule has 53 heavy (non-hydrogen) atoms. The Hall–Kier alpha value is -1.18. The molecule has 327 valence electrons. The summed E-state index contributed by atoms with van der Waals surface area (Å²) in [5.41, 5.74) is 2.08. The van der Waals surface area contributed by atoms with Crippen LogP contribution in [0.2, 0.25) is 0 Å². The predicted octanol–water partition coefficient (Wildman–Crippen LogP) is 6.57. The van der Waals surface area contributed by atoms with Gasteiger partial charge in [-0.25, -0.2) is 14.5 Å². The SMILES string of the molecule is CC.CC.CC.CC.CC.CC.CC.CCC(NC(=O)C(CC)NC(C)=O)C(=O)O.CCC(NC)C(=O)NC.CCC(NC)C(=O)NOS(C)=O.[Ac].[CH3-]. The van der Waals surface area contributed by atoms with Crippen molar-refractivity contribution in [2.75, 3.05) is 27.4 Å². The van der Waals surface area contributed by atoms with Gasteiger partial charge in [-0.2, -0.15) is 4.28 Å². The number of rotatable bonds is 14. The summed E-state index contributed by atoms with van der Waals surface area (Å²) in [5.74, 6) is -2.11. The van der Waals surface area contributed by atoms with Crippen LogP contribution in [-0.4, -0.2) is 90.5 Å². The van der Waals surface area contributed by atoms with Gasteiger partial charge in [-0.05, 0) is 39.8 Å². The molecule has 0 aromatic heterocycles. The molecule has 0 rings (SSSR count). The van der Waals surface area contributed by atoms with E-state index < -0.39 is 35.0 Å². The van der Waals surface area contributed by atoms with Crippen molar-refractivity contribution in [2.24, 2.45) is 0 Å². The van der Waals surface area contributed by atoms with E-state index in [0.717, 1.165) is 6.42 Å². The molecular formula is C37H91AcN6O8S-. The van der Waals surface area contributed by atoms with Crippen molar-refractivity contribution in [3.63, 3.8) is 0 Å². The van der Waals surface area contributed by atoms with E-state index in [-0.39, 0.29) is 81.3 Å². The molecule has 0 aliphatic carbocycles. The number of aliphatic carboxylic acids is 1. The molecule has 0 saturated carbocycles. The Morgan fingerprint density at radius 3 is 1.06 bits per heavy atom. The zero-order valence-corrected chi connectivity index (χ0v) is 44.5. The van der Waals surface area contributed by atoms with Gasteiger partial charge in [-0.15, -0.1) is 0 Å². The van der Waals surface area contributed by atoms with Gasteiger partial charge in [0.05, 0.1) is 12.1 Å². The molecular weight excluding hydrogens is 916 g/mol. The molecule has 0 aliphatic rings. The molecule has 7 N–H and O–H groups in total. The van der Waals surface area contributed by atoms with E-state index in [1.807, 2.05) is 111 Å². The monoisotopic (exact) mass is 1010 g/mol. The number of carboxylic acid groups (broad SMARTS) is 1. The molecule has 14 nitrogen and oxygen atoms in total. The van der Waals surface area contributed by atoms with Crippen LogP contribution in [0, 0.1) is 51.5 Å². The van der Waals surface area contributed by atoms with Crippen LogP contribution in [0.3, 0.4) is 0 Å². The summed E-state index contributed by atoms with van der Waals surface area (Å²) < 4.78 is 14.8. The molecule has 5 atom stereocenters. The fourth-order valence-corrected chi connectivity index (χ4v) is 2.79. The molecule has 4 amide bonds. The third-order valence-electron chi connectivity index (χ3n) is 4.78. The Morgan fingerprint density at radius 1 is 0.566 bits per heavy atom. The maximum Gasteiger partial charge on any atom is 0.326 e. The van der Waals surface area contributed by atoms with Gasteiger partial charge in [-0.1, -0.05) is 125 Å². The van der Waals surface area contributed by atoms with Crippen LogP contribution in [0.4, 0.5) is 0 Å². The maximum absolute atomic E-state index is 11.6. The Kier molecular flexibility index (Phi) is 127. The molecule has 0 fully saturated rings. The molecule has 0 aliphatic heterocycles. The van der Waals surface area contributed by atoms with Gasteiger partial charge in [0.2, 0.25) is 17.7 Å². The summed E-state index contributed by atoms with van der Waals surface area (Å²) in [6, 6.07) is -1.91. The van der Waals surface area contributed by atoms with Gasteiger partial charge in [0.25, 0.3) is 5.91 Å². The van der Waals surface area contributed by atoms with Gasteiger partial charge in [0.15, 0.2) is 11.1 Å². The smallest absolute Gasteiger partial charge is 0.326 e. The van der Waals surface area contributed by atoms with Crippen LogP contribution >= 0.6 is 0 Å². The van der Waals surface area contributed by atoms with Crippen molar-refractivity contribution < 1.29 is 81.6 Å². The van der Waals surface area contributed by atoms with E-state index in [1.165, 1.54) is 13.2 Å². The number of amides is 4. The molecule has 5 unspecified atom stereocenters. The maximum atomic E-state index is 11.6. The number of hydrogen-bond acceptors (Lipinski definition) is 9. The number of likely N-dealkylation sites (N-methyl/N-ethyl adjacent to an activating group) is 3. The summed E-state index contributed by atoms with van der Waals surface area (Å²) in [5, 5.41) is 21.8. The van der Waals surface area contributed by atoms with Crippen molar-refractivity contribution >= 4 is 40.7 Å². The molecule has 16 heteroatoms. The first-order valence-electron chi connectivity index (χ1n) is 19.0. The summed E-state index contributed by atoms with van der Waals surface area (Å²) in [7, 11) is 5.10. The number of nitrogens with one attached hydrogen (secondary N) is 6. The Bertz CT molecular complexity index is 733. The van der Waals surface area contributed by atoms with Gasteiger partial charge >= 0.3 is 5.97 Å². The Balaban J connectivity index is -0.0000000407. The molecule has 0 bridgehead atoms.